The molecule has 0 aromatic heterocycles. The molecule has 0 spiro atoms. The second kappa shape index (κ2) is 10.4. The van der Waals surface area contributed by atoms with Gasteiger partial charge in [0, 0.05) is 12.6 Å². The molecule has 2 aromatic rings. The molecule has 0 saturated carbocycles. The molecule has 148 valence electrons. The molecule has 0 aliphatic carbocycles. The first-order chi connectivity index (χ1) is 12.3. The molecular weight excluding hydrogens is 388 g/mol. The molecule has 0 aliphatic rings. The van der Waals surface area contributed by atoms with E-state index < -0.39 is 16.0 Å². The smallest absolute Gasteiger partial charge is 0.338 e. The molecule has 0 radical (unpaired) electrons. The third-order valence-electron chi connectivity index (χ3n) is 3.95. The zero-order valence-electron chi connectivity index (χ0n) is 15.6. The Bertz CT molecular complexity index is 825. The van der Waals surface area contributed by atoms with Crippen molar-refractivity contribution >= 4 is 28.4 Å². The highest BCUT2D eigenvalue weighted by atomic mass is 35.5. The molecule has 8 heteroatoms. The van der Waals surface area contributed by atoms with E-state index in [1.165, 1.54) is 24.3 Å². The highest BCUT2D eigenvalue weighted by molar-refractivity contribution is 7.89. The van der Waals surface area contributed by atoms with Crippen LogP contribution in [0.1, 0.15) is 28.9 Å². The van der Waals surface area contributed by atoms with Crippen molar-refractivity contribution in [2.24, 2.45) is 0 Å². The highest BCUT2D eigenvalue weighted by Gasteiger charge is 2.20. The van der Waals surface area contributed by atoms with Crippen molar-refractivity contribution in [3.8, 4) is 0 Å². The van der Waals surface area contributed by atoms with Crippen LogP contribution in [-0.4, -0.2) is 46.5 Å². The first-order valence-corrected chi connectivity index (χ1v) is 9.81. The van der Waals surface area contributed by atoms with Crippen molar-refractivity contribution in [1.29, 1.82) is 0 Å². The summed E-state index contributed by atoms with van der Waals surface area (Å²) >= 11 is 0. The van der Waals surface area contributed by atoms with Gasteiger partial charge in [0.15, 0.2) is 0 Å². The predicted molar refractivity (Wildman–Crippen MR) is 108 cm³/mol. The van der Waals surface area contributed by atoms with E-state index in [0.717, 1.165) is 5.56 Å². The van der Waals surface area contributed by atoms with Crippen LogP contribution in [0.4, 0.5) is 0 Å². The summed E-state index contributed by atoms with van der Waals surface area (Å²) in [5, 5.41) is 0. The average Bonchev–Trinajstić information content (AvgIpc) is 2.63. The Morgan fingerprint density at radius 2 is 1.67 bits per heavy atom. The van der Waals surface area contributed by atoms with Crippen LogP contribution in [0.2, 0.25) is 0 Å². The Morgan fingerprint density at radius 3 is 2.19 bits per heavy atom. The largest absolute Gasteiger partial charge is 0.462 e. The molecular formula is C19H25ClN2O4S. The topological polar surface area (TPSA) is 75.7 Å². The summed E-state index contributed by atoms with van der Waals surface area (Å²) in [7, 11) is 0.125. The van der Waals surface area contributed by atoms with Crippen LogP contribution in [0.15, 0.2) is 59.5 Å². The summed E-state index contributed by atoms with van der Waals surface area (Å²) in [6.45, 7) is 2.22. The number of carbonyl (C=O) groups excluding carboxylic acids is 1. The molecule has 0 aliphatic heterocycles. The summed E-state index contributed by atoms with van der Waals surface area (Å²) in [5.41, 5.74) is 1.35. The van der Waals surface area contributed by atoms with E-state index in [9.17, 15) is 13.2 Å². The Balaban J connectivity index is 0.00000364. The quantitative estimate of drug-likeness (QED) is 0.675. The number of halogens is 1. The van der Waals surface area contributed by atoms with Crippen LogP contribution >= 0.6 is 12.4 Å². The Morgan fingerprint density at radius 1 is 1.07 bits per heavy atom. The number of ether oxygens (including phenoxy) is 1. The molecule has 0 fully saturated rings. The standard InChI is InChI=1S/C19H24N2O4S.ClH/c1-4-25-19(22)16-10-12-17(13-11-16)26(23,24)20-14-18(21(2)3)15-8-6-5-7-9-15;/h5-13,18,20H,4,14H2,1-3H3;1H. The van der Waals surface area contributed by atoms with Gasteiger partial charge in [-0.3, -0.25) is 0 Å². The second-order valence-electron chi connectivity index (χ2n) is 5.99. The number of hydrogen-bond donors (Lipinski definition) is 1. The zero-order chi connectivity index (χ0) is 19.2. The van der Waals surface area contributed by atoms with Gasteiger partial charge in [-0.1, -0.05) is 30.3 Å². The number of esters is 1. The number of nitrogens with zero attached hydrogens (tertiary/aromatic N) is 1. The molecule has 0 saturated heterocycles. The molecule has 1 unspecified atom stereocenters. The first-order valence-electron chi connectivity index (χ1n) is 8.33. The lowest BCUT2D eigenvalue weighted by atomic mass is 10.1. The van der Waals surface area contributed by atoms with Crippen LogP contribution in [-0.2, 0) is 14.8 Å². The van der Waals surface area contributed by atoms with Gasteiger partial charge in [0.1, 0.15) is 0 Å². The number of rotatable bonds is 8. The van der Waals surface area contributed by atoms with Crippen molar-refractivity contribution in [2.75, 3.05) is 27.2 Å². The van der Waals surface area contributed by atoms with Crippen molar-refractivity contribution in [1.82, 2.24) is 9.62 Å². The van der Waals surface area contributed by atoms with E-state index in [2.05, 4.69) is 4.72 Å². The lowest BCUT2D eigenvalue weighted by Crippen LogP contribution is -2.34. The minimum Gasteiger partial charge on any atom is -0.462 e. The van der Waals surface area contributed by atoms with Crippen LogP contribution in [0.25, 0.3) is 0 Å². The average molecular weight is 413 g/mol. The number of carbonyl (C=O) groups is 1. The molecule has 6 nitrogen and oxygen atoms in total. The Kier molecular flexibility index (Phi) is 8.92. The molecule has 0 heterocycles. The third-order valence-corrected chi connectivity index (χ3v) is 5.39. The van der Waals surface area contributed by atoms with Gasteiger partial charge in [-0.2, -0.15) is 0 Å². The van der Waals surface area contributed by atoms with Gasteiger partial charge in [-0.25, -0.2) is 17.9 Å². The van der Waals surface area contributed by atoms with E-state index in [4.69, 9.17) is 4.74 Å². The summed E-state index contributed by atoms with van der Waals surface area (Å²) in [6, 6.07) is 15.3. The van der Waals surface area contributed by atoms with E-state index in [-0.39, 0.29) is 36.5 Å². The van der Waals surface area contributed by atoms with Gasteiger partial charge in [-0.15, -0.1) is 12.4 Å². The van der Waals surface area contributed by atoms with E-state index in [0.29, 0.717) is 5.56 Å². The van der Waals surface area contributed by atoms with Crippen molar-refractivity contribution < 1.29 is 17.9 Å². The molecule has 2 aromatic carbocycles. The van der Waals surface area contributed by atoms with Gasteiger partial charge >= 0.3 is 5.97 Å². The maximum atomic E-state index is 12.6. The Labute approximate surface area is 167 Å². The van der Waals surface area contributed by atoms with Crippen molar-refractivity contribution in [2.45, 2.75) is 17.9 Å². The molecule has 27 heavy (non-hydrogen) atoms. The van der Waals surface area contributed by atoms with Gasteiger partial charge < -0.3 is 9.64 Å². The van der Waals surface area contributed by atoms with Gasteiger partial charge in [0.05, 0.1) is 17.1 Å². The fraction of sp³-hybridized carbons (Fsp3) is 0.316. The minimum absolute atomic E-state index is 0. The predicted octanol–water partition coefficient (Wildman–Crippen LogP) is 2.87. The monoisotopic (exact) mass is 412 g/mol. The van der Waals surface area contributed by atoms with Crippen molar-refractivity contribution in [3.63, 3.8) is 0 Å². The minimum atomic E-state index is -3.68. The van der Waals surface area contributed by atoms with E-state index in [1.807, 2.05) is 49.3 Å². The summed E-state index contributed by atoms with van der Waals surface area (Å²) in [6.07, 6.45) is 0. The summed E-state index contributed by atoms with van der Waals surface area (Å²) in [5.74, 6) is -0.471. The number of likely N-dealkylation sites (N-methyl/N-ethyl adjacent to an activating group) is 1. The second-order valence-corrected chi connectivity index (χ2v) is 7.75. The van der Waals surface area contributed by atoms with E-state index >= 15 is 0 Å². The van der Waals surface area contributed by atoms with Gasteiger partial charge in [0.2, 0.25) is 10.0 Å². The number of hydrogen-bond acceptors (Lipinski definition) is 5. The fourth-order valence-electron chi connectivity index (χ4n) is 2.53. The molecule has 0 bridgehead atoms. The lowest BCUT2D eigenvalue weighted by Gasteiger charge is -2.25. The van der Waals surface area contributed by atoms with Crippen LogP contribution in [0.5, 0.6) is 0 Å². The van der Waals surface area contributed by atoms with Gasteiger partial charge in [-0.05, 0) is 50.8 Å². The van der Waals surface area contributed by atoms with Crippen LogP contribution in [0, 0.1) is 0 Å². The maximum Gasteiger partial charge on any atom is 0.338 e. The SMILES string of the molecule is CCOC(=O)c1ccc(S(=O)(=O)NCC(c2ccccc2)N(C)C)cc1.Cl. The molecule has 0 amide bonds. The number of benzene rings is 2. The van der Waals surface area contributed by atoms with Crippen LogP contribution in [0.3, 0.4) is 0 Å². The third kappa shape index (κ3) is 6.32. The molecule has 1 N–H and O–H groups in total. The Hall–Kier alpha value is -1.93. The first kappa shape index (κ1) is 23.1. The summed E-state index contributed by atoms with van der Waals surface area (Å²) < 4.78 is 32.6. The summed E-state index contributed by atoms with van der Waals surface area (Å²) in [4.78, 5) is 13.7. The number of nitrogens with one attached hydrogen (secondary N) is 1. The normalized spacial score (nSPS) is 12.3. The van der Waals surface area contributed by atoms with Crippen LogP contribution < -0.4 is 4.72 Å². The fourth-order valence-corrected chi connectivity index (χ4v) is 3.57. The zero-order valence-corrected chi connectivity index (χ0v) is 17.2. The maximum absolute atomic E-state index is 12.6. The lowest BCUT2D eigenvalue weighted by molar-refractivity contribution is 0.0526. The van der Waals surface area contributed by atoms with Crippen molar-refractivity contribution in [3.05, 3.63) is 65.7 Å². The molecule has 1 atom stereocenters. The molecule has 2 rings (SSSR count). The van der Waals surface area contributed by atoms with Gasteiger partial charge in [0.25, 0.3) is 0 Å². The highest BCUT2D eigenvalue weighted by Crippen LogP contribution is 2.18. The number of sulfonamides is 1. The van der Waals surface area contributed by atoms with E-state index in [1.54, 1.807) is 6.92 Å².